The number of hydrogen-bond donors (Lipinski definition) is 0. The SMILES string of the molecule is CCCCCCC(=O)OCCOCCOCCOCCOCCOCCOCCOCCOCCOCCOCCCC. The average Bonchev–Trinajstić information content (AvgIpc) is 3.01. The maximum absolute atomic E-state index is 11.5. The fraction of sp³-hybridized carbons (Fsp3) is 0.968. The smallest absolute Gasteiger partial charge is 0.305 e. The molecule has 0 saturated carbocycles. The molecule has 0 amide bonds. The van der Waals surface area contributed by atoms with Gasteiger partial charge in [-0.1, -0.05) is 39.5 Å². The van der Waals surface area contributed by atoms with Gasteiger partial charge in [0, 0.05) is 13.0 Å². The molecule has 0 aliphatic rings. The van der Waals surface area contributed by atoms with Crippen LogP contribution in [-0.4, -0.2) is 145 Å². The lowest BCUT2D eigenvalue weighted by molar-refractivity contribution is -0.145. The van der Waals surface area contributed by atoms with Crippen molar-refractivity contribution in [3.63, 3.8) is 0 Å². The maximum atomic E-state index is 11.5. The van der Waals surface area contributed by atoms with E-state index in [1.165, 1.54) is 0 Å². The van der Waals surface area contributed by atoms with E-state index in [4.69, 9.17) is 52.1 Å². The lowest BCUT2D eigenvalue weighted by atomic mass is 10.2. The van der Waals surface area contributed by atoms with Crippen molar-refractivity contribution >= 4 is 5.97 Å². The molecule has 0 saturated heterocycles. The first-order valence-corrected chi connectivity index (χ1v) is 16.2. The minimum atomic E-state index is -0.150. The fourth-order valence-electron chi connectivity index (χ4n) is 3.31. The summed E-state index contributed by atoms with van der Waals surface area (Å²) in [5.41, 5.74) is 0. The molecular formula is C31H62O12. The Morgan fingerprint density at radius 1 is 0.326 bits per heavy atom. The average molecular weight is 627 g/mol. The van der Waals surface area contributed by atoms with Crippen LogP contribution in [-0.2, 0) is 56.9 Å². The van der Waals surface area contributed by atoms with Crippen LogP contribution < -0.4 is 0 Å². The molecular weight excluding hydrogens is 564 g/mol. The third-order valence-electron chi connectivity index (χ3n) is 5.72. The monoisotopic (exact) mass is 626 g/mol. The van der Waals surface area contributed by atoms with Gasteiger partial charge < -0.3 is 52.1 Å². The molecule has 0 unspecified atom stereocenters. The molecule has 0 radical (unpaired) electrons. The Hall–Kier alpha value is -0.930. The van der Waals surface area contributed by atoms with Crippen molar-refractivity contribution < 1.29 is 56.9 Å². The highest BCUT2D eigenvalue weighted by Crippen LogP contribution is 2.03. The molecule has 43 heavy (non-hydrogen) atoms. The summed E-state index contributed by atoms with van der Waals surface area (Å²) in [6.07, 6.45) is 7.01. The molecule has 12 nitrogen and oxygen atoms in total. The quantitative estimate of drug-likeness (QED) is 0.0738. The third kappa shape index (κ3) is 39.0. The predicted molar refractivity (Wildman–Crippen MR) is 163 cm³/mol. The van der Waals surface area contributed by atoms with Crippen molar-refractivity contribution in [2.75, 3.05) is 139 Å². The summed E-state index contributed by atoms with van der Waals surface area (Å²) in [5.74, 6) is -0.150. The topological polar surface area (TPSA) is 119 Å². The molecule has 12 heteroatoms. The van der Waals surface area contributed by atoms with Gasteiger partial charge in [0.15, 0.2) is 0 Å². The van der Waals surface area contributed by atoms with E-state index in [9.17, 15) is 4.79 Å². The van der Waals surface area contributed by atoms with Crippen LogP contribution in [0.5, 0.6) is 0 Å². The van der Waals surface area contributed by atoms with Gasteiger partial charge in [0.2, 0.25) is 0 Å². The zero-order valence-electron chi connectivity index (χ0n) is 27.2. The summed E-state index contributed by atoms with van der Waals surface area (Å²) in [5, 5.41) is 0. The second-order valence-corrected chi connectivity index (χ2v) is 9.51. The molecule has 0 aliphatic carbocycles. The second kappa shape index (κ2) is 39.1. The molecule has 0 heterocycles. The Balaban J connectivity index is 3.07. The van der Waals surface area contributed by atoms with Crippen LogP contribution in [0.15, 0.2) is 0 Å². The molecule has 258 valence electrons. The highest BCUT2D eigenvalue weighted by molar-refractivity contribution is 5.69. The van der Waals surface area contributed by atoms with E-state index in [0.717, 1.165) is 45.1 Å². The van der Waals surface area contributed by atoms with E-state index in [1.807, 2.05) is 0 Å². The normalized spacial score (nSPS) is 11.4. The van der Waals surface area contributed by atoms with Gasteiger partial charge >= 0.3 is 5.97 Å². The van der Waals surface area contributed by atoms with Crippen LogP contribution in [0.3, 0.4) is 0 Å². The number of hydrogen-bond acceptors (Lipinski definition) is 12. The Morgan fingerprint density at radius 3 is 0.907 bits per heavy atom. The fourth-order valence-corrected chi connectivity index (χ4v) is 3.31. The van der Waals surface area contributed by atoms with E-state index < -0.39 is 0 Å². The Bertz CT molecular complexity index is 527. The third-order valence-corrected chi connectivity index (χ3v) is 5.72. The summed E-state index contributed by atoms with van der Waals surface area (Å²) in [7, 11) is 0. The van der Waals surface area contributed by atoms with Crippen LogP contribution in [0.4, 0.5) is 0 Å². The molecule has 0 aromatic carbocycles. The molecule has 0 aromatic heterocycles. The summed E-state index contributed by atoms with van der Waals surface area (Å²) >= 11 is 0. The molecule has 0 N–H and O–H groups in total. The van der Waals surface area contributed by atoms with Crippen molar-refractivity contribution in [1.82, 2.24) is 0 Å². The van der Waals surface area contributed by atoms with Crippen LogP contribution in [0.2, 0.25) is 0 Å². The Labute approximate surface area is 260 Å². The first kappa shape index (κ1) is 42.1. The second-order valence-electron chi connectivity index (χ2n) is 9.51. The van der Waals surface area contributed by atoms with Gasteiger partial charge in [-0.2, -0.15) is 0 Å². The minimum Gasteiger partial charge on any atom is -0.463 e. The van der Waals surface area contributed by atoms with E-state index in [1.54, 1.807) is 0 Å². The predicted octanol–water partition coefficient (Wildman–Crippen LogP) is 3.47. The molecule has 0 atom stereocenters. The lowest BCUT2D eigenvalue weighted by Crippen LogP contribution is -2.15. The molecule has 0 spiro atoms. The van der Waals surface area contributed by atoms with E-state index >= 15 is 0 Å². The Kier molecular flexibility index (Phi) is 38.2. The number of carbonyl (C=O) groups is 1. The molecule has 0 fully saturated rings. The van der Waals surface area contributed by atoms with Crippen LogP contribution in [0.25, 0.3) is 0 Å². The van der Waals surface area contributed by atoms with Crippen LogP contribution >= 0.6 is 0 Å². The van der Waals surface area contributed by atoms with Crippen molar-refractivity contribution in [3.8, 4) is 0 Å². The highest BCUT2D eigenvalue weighted by Gasteiger charge is 2.02. The minimum absolute atomic E-state index is 0.150. The van der Waals surface area contributed by atoms with Gasteiger partial charge in [0.05, 0.1) is 126 Å². The summed E-state index contributed by atoms with van der Waals surface area (Å²) in [6, 6.07) is 0. The zero-order chi connectivity index (χ0) is 31.2. The number of esters is 1. The summed E-state index contributed by atoms with van der Waals surface area (Å²) in [4.78, 5) is 11.5. The molecule has 0 aliphatic heterocycles. The van der Waals surface area contributed by atoms with E-state index in [2.05, 4.69) is 13.8 Å². The standard InChI is InChI=1S/C31H62O12/c1-3-5-7-8-9-31(32)43-30-29-42-28-27-41-26-25-40-24-23-39-22-21-38-20-19-37-18-17-36-16-15-35-14-13-34-12-11-33-10-6-4-2/h3-30H2,1-2H3. The van der Waals surface area contributed by atoms with Crippen LogP contribution in [0.1, 0.15) is 58.8 Å². The number of unbranched alkanes of at least 4 members (excludes halogenated alkanes) is 4. The maximum Gasteiger partial charge on any atom is 0.305 e. The van der Waals surface area contributed by atoms with Crippen molar-refractivity contribution in [2.24, 2.45) is 0 Å². The first-order valence-electron chi connectivity index (χ1n) is 16.2. The summed E-state index contributed by atoms with van der Waals surface area (Å²) < 4.78 is 59.6. The number of carbonyl (C=O) groups excluding carboxylic acids is 1. The van der Waals surface area contributed by atoms with Gasteiger partial charge in [0.1, 0.15) is 6.61 Å². The van der Waals surface area contributed by atoms with Gasteiger partial charge in [-0.3, -0.25) is 4.79 Å². The van der Waals surface area contributed by atoms with E-state index in [-0.39, 0.29) is 12.6 Å². The van der Waals surface area contributed by atoms with Crippen molar-refractivity contribution in [1.29, 1.82) is 0 Å². The largest absolute Gasteiger partial charge is 0.463 e. The van der Waals surface area contributed by atoms with Crippen LogP contribution in [0, 0.1) is 0 Å². The lowest BCUT2D eigenvalue weighted by Gasteiger charge is -2.09. The van der Waals surface area contributed by atoms with Gasteiger partial charge in [0.25, 0.3) is 0 Å². The van der Waals surface area contributed by atoms with Gasteiger partial charge in [-0.05, 0) is 12.8 Å². The Morgan fingerprint density at radius 2 is 0.605 bits per heavy atom. The molecule has 0 aromatic rings. The highest BCUT2D eigenvalue weighted by atomic mass is 16.6. The number of ether oxygens (including phenoxy) is 11. The molecule has 0 bridgehead atoms. The van der Waals surface area contributed by atoms with E-state index in [0.29, 0.717) is 132 Å². The summed E-state index contributed by atoms with van der Waals surface area (Å²) in [6.45, 7) is 15.2. The zero-order valence-corrected chi connectivity index (χ0v) is 27.2. The van der Waals surface area contributed by atoms with Crippen molar-refractivity contribution in [2.45, 2.75) is 58.8 Å². The van der Waals surface area contributed by atoms with Gasteiger partial charge in [-0.15, -0.1) is 0 Å². The van der Waals surface area contributed by atoms with Crippen molar-refractivity contribution in [3.05, 3.63) is 0 Å². The van der Waals surface area contributed by atoms with Gasteiger partial charge in [-0.25, -0.2) is 0 Å². The first-order chi connectivity index (χ1) is 21.3. The molecule has 0 rings (SSSR count). The number of rotatable bonds is 38.